The number of β-amino-alcohol motifs (C(OH)–C–C–N with tert-alkyl or cyclic N) is 1. The standard InChI is InChI=1S/C11H19N3O/c1-9-6-10(14(3)12-9)7-11(15)4-5-13(2)8-11/h6,15H,4-5,7-8H2,1-3H3. The van der Waals surface area contributed by atoms with E-state index in [-0.39, 0.29) is 0 Å². The highest BCUT2D eigenvalue weighted by atomic mass is 16.3. The van der Waals surface area contributed by atoms with E-state index < -0.39 is 5.60 Å². The molecule has 0 aromatic carbocycles. The Morgan fingerprint density at radius 2 is 2.27 bits per heavy atom. The zero-order chi connectivity index (χ0) is 11.1. The lowest BCUT2D eigenvalue weighted by Gasteiger charge is -2.22. The van der Waals surface area contributed by atoms with Gasteiger partial charge in [-0.2, -0.15) is 5.10 Å². The number of nitrogens with zero attached hydrogens (tertiary/aromatic N) is 3. The summed E-state index contributed by atoms with van der Waals surface area (Å²) in [6, 6.07) is 2.05. The van der Waals surface area contributed by atoms with Gasteiger partial charge in [-0.05, 0) is 26.5 Å². The molecule has 84 valence electrons. The molecule has 0 saturated carbocycles. The van der Waals surface area contributed by atoms with Gasteiger partial charge in [0.05, 0.1) is 11.3 Å². The maximum Gasteiger partial charge on any atom is 0.0841 e. The molecule has 0 aliphatic carbocycles. The Balaban J connectivity index is 2.11. The summed E-state index contributed by atoms with van der Waals surface area (Å²) in [5.41, 5.74) is 1.57. The molecule has 1 aliphatic rings. The molecule has 1 saturated heterocycles. The third-order valence-electron chi connectivity index (χ3n) is 3.13. The Hall–Kier alpha value is -0.870. The Labute approximate surface area is 90.5 Å². The van der Waals surface area contributed by atoms with Crippen molar-refractivity contribution in [3.8, 4) is 0 Å². The molecule has 1 unspecified atom stereocenters. The predicted molar refractivity (Wildman–Crippen MR) is 58.7 cm³/mol. The summed E-state index contributed by atoms with van der Waals surface area (Å²) in [7, 11) is 3.98. The van der Waals surface area contributed by atoms with Crippen LogP contribution in [0.1, 0.15) is 17.8 Å². The van der Waals surface area contributed by atoms with Crippen LogP contribution >= 0.6 is 0 Å². The highest BCUT2D eigenvalue weighted by Gasteiger charge is 2.35. The summed E-state index contributed by atoms with van der Waals surface area (Å²) in [6.07, 6.45) is 1.56. The molecular formula is C11H19N3O. The second-order valence-electron chi connectivity index (χ2n) is 4.79. The summed E-state index contributed by atoms with van der Waals surface area (Å²) in [5, 5.41) is 14.7. The van der Waals surface area contributed by atoms with E-state index >= 15 is 0 Å². The van der Waals surface area contributed by atoms with Gasteiger partial charge in [0.2, 0.25) is 0 Å². The van der Waals surface area contributed by atoms with Crippen molar-refractivity contribution in [3.63, 3.8) is 0 Å². The van der Waals surface area contributed by atoms with Crippen LogP contribution in [0.25, 0.3) is 0 Å². The van der Waals surface area contributed by atoms with Gasteiger partial charge in [-0.1, -0.05) is 0 Å². The monoisotopic (exact) mass is 209 g/mol. The minimum atomic E-state index is -0.561. The van der Waals surface area contributed by atoms with Crippen LogP contribution in [0.4, 0.5) is 0 Å². The van der Waals surface area contributed by atoms with E-state index in [1.54, 1.807) is 0 Å². The molecule has 0 amide bonds. The molecule has 1 fully saturated rings. The van der Waals surface area contributed by atoms with Crippen molar-refractivity contribution in [3.05, 3.63) is 17.5 Å². The first-order valence-corrected chi connectivity index (χ1v) is 5.39. The zero-order valence-electron chi connectivity index (χ0n) is 9.69. The van der Waals surface area contributed by atoms with E-state index in [0.29, 0.717) is 6.42 Å². The summed E-state index contributed by atoms with van der Waals surface area (Å²) >= 11 is 0. The summed E-state index contributed by atoms with van der Waals surface area (Å²) in [4.78, 5) is 2.17. The van der Waals surface area contributed by atoms with Gasteiger partial charge in [0.25, 0.3) is 0 Å². The average molecular weight is 209 g/mol. The molecule has 1 aromatic rings. The fourth-order valence-electron chi connectivity index (χ4n) is 2.37. The fraction of sp³-hybridized carbons (Fsp3) is 0.727. The molecule has 1 aromatic heterocycles. The van der Waals surface area contributed by atoms with E-state index in [9.17, 15) is 5.11 Å². The van der Waals surface area contributed by atoms with Gasteiger partial charge in [0.15, 0.2) is 0 Å². The average Bonchev–Trinajstić information content (AvgIpc) is 2.58. The second kappa shape index (κ2) is 3.61. The largest absolute Gasteiger partial charge is 0.388 e. The highest BCUT2D eigenvalue weighted by Crippen LogP contribution is 2.24. The van der Waals surface area contributed by atoms with Crippen LogP contribution in [-0.2, 0) is 13.5 Å². The van der Waals surface area contributed by atoms with Crippen LogP contribution in [-0.4, -0.2) is 45.5 Å². The van der Waals surface area contributed by atoms with Crippen LogP contribution in [0.5, 0.6) is 0 Å². The van der Waals surface area contributed by atoms with Gasteiger partial charge in [-0.3, -0.25) is 4.68 Å². The molecule has 4 nitrogen and oxygen atoms in total. The van der Waals surface area contributed by atoms with Gasteiger partial charge in [-0.15, -0.1) is 0 Å². The van der Waals surface area contributed by atoms with E-state index in [0.717, 1.165) is 30.9 Å². The third kappa shape index (κ3) is 2.21. The molecule has 1 atom stereocenters. The quantitative estimate of drug-likeness (QED) is 0.763. The normalized spacial score (nSPS) is 27.5. The van der Waals surface area contributed by atoms with Crippen molar-refractivity contribution in [1.29, 1.82) is 0 Å². The van der Waals surface area contributed by atoms with Crippen molar-refractivity contribution >= 4 is 0 Å². The summed E-state index contributed by atoms with van der Waals surface area (Å²) < 4.78 is 1.87. The lowest BCUT2D eigenvalue weighted by Crippen LogP contribution is -2.35. The maximum atomic E-state index is 10.4. The summed E-state index contributed by atoms with van der Waals surface area (Å²) in [5.74, 6) is 0. The first-order chi connectivity index (χ1) is 6.98. The molecule has 2 rings (SSSR count). The molecule has 2 heterocycles. The van der Waals surface area contributed by atoms with E-state index in [1.807, 2.05) is 25.7 Å². The van der Waals surface area contributed by atoms with E-state index in [2.05, 4.69) is 16.1 Å². The third-order valence-corrected chi connectivity index (χ3v) is 3.13. The van der Waals surface area contributed by atoms with E-state index in [4.69, 9.17) is 0 Å². The first-order valence-electron chi connectivity index (χ1n) is 5.39. The smallest absolute Gasteiger partial charge is 0.0841 e. The lowest BCUT2D eigenvalue weighted by molar-refractivity contribution is 0.0505. The number of hydrogen-bond acceptors (Lipinski definition) is 3. The van der Waals surface area contributed by atoms with Crippen LogP contribution in [0.15, 0.2) is 6.07 Å². The van der Waals surface area contributed by atoms with Gasteiger partial charge >= 0.3 is 0 Å². The Kier molecular flexibility index (Phi) is 2.56. The van der Waals surface area contributed by atoms with Crippen LogP contribution in [0.3, 0.4) is 0 Å². The number of rotatable bonds is 2. The lowest BCUT2D eigenvalue weighted by atomic mass is 9.97. The maximum absolute atomic E-state index is 10.4. The molecule has 0 spiro atoms. The number of aromatic nitrogens is 2. The van der Waals surface area contributed by atoms with Crippen LogP contribution in [0, 0.1) is 6.92 Å². The first kappa shape index (κ1) is 10.6. The molecule has 15 heavy (non-hydrogen) atoms. The molecule has 1 N–H and O–H groups in total. The van der Waals surface area contributed by atoms with Gasteiger partial charge in [0.1, 0.15) is 0 Å². The second-order valence-corrected chi connectivity index (χ2v) is 4.79. The van der Waals surface area contributed by atoms with Gasteiger partial charge < -0.3 is 10.0 Å². The topological polar surface area (TPSA) is 41.3 Å². The SMILES string of the molecule is Cc1cc(CC2(O)CCN(C)C2)n(C)n1. The van der Waals surface area contributed by atoms with Crippen molar-refractivity contribution in [2.45, 2.75) is 25.4 Å². The van der Waals surface area contributed by atoms with Crippen LogP contribution in [0.2, 0.25) is 0 Å². The summed E-state index contributed by atoms with van der Waals surface area (Å²) in [6.45, 7) is 3.72. The molecule has 0 bridgehead atoms. The molecule has 0 radical (unpaired) electrons. The molecule has 4 heteroatoms. The van der Waals surface area contributed by atoms with Crippen LogP contribution < -0.4 is 0 Å². The van der Waals surface area contributed by atoms with Crippen molar-refractivity contribution < 1.29 is 5.11 Å². The minimum absolute atomic E-state index is 0.561. The minimum Gasteiger partial charge on any atom is -0.388 e. The van der Waals surface area contributed by atoms with E-state index in [1.165, 1.54) is 0 Å². The number of aryl methyl sites for hydroxylation is 2. The number of hydrogen-bond donors (Lipinski definition) is 1. The molecule has 1 aliphatic heterocycles. The Morgan fingerprint density at radius 1 is 1.53 bits per heavy atom. The van der Waals surface area contributed by atoms with Crippen molar-refractivity contribution in [2.24, 2.45) is 7.05 Å². The number of likely N-dealkylation sites (N-methyl/N-ethyl adjacent to an activating group) is 1. The van der Waals surface area contributed by atoms with Gasteiger partial charge in [-0.25, -0.2) is 0 Å². The molecular weight excluding hydrogens is 190 g/mol. The van der Waals surface area contributed by atoms with Crippen molar-refractivity contribution in [2.75, 3.05) is 20.1 Å². The van der Waals surface area contributed by atoms with Gasteiger partial charge in [0, 0.05) is 32.3 Å². The number of likely N-dealkylation sites (tertiary alicyclic amines) is 1. The number of aliphatic hydroxyl groups is 1. The Morgan fingerprint density at radius 3 is 2.73 bits per heavy atom. The van der Waals surface area contributed by atoms with Crippen molar-refractivity contribution in [1.82, 2.24) is 14.7 Å². The zero-order valence-corrected chi connectivity index (χ0v) is 9.69. The predicted octanol–water partition coefficient (Wildman–Crippen LogP) is 0.338. The highest BCUT2D eigenvalue weighted by molar-refractivity contribution is 5.12. The fourth-order valence-corrected chi connectivity index (χ4v) is 2.37. The Bertz CT molecular complexity index is 361.